The average Bonchev–Trinajstić information content (AvgIpc) is 2.91. The van der Waals surface area contributed by atoms with Crippen LogP contribution in [0.25, 0.3) is 0 Å². The van der Waals surface area contributed by atoms with E-state index >= 15 is 0 Å². The van der Waals surface area contributed by atoms with Gasteiger partial charge in [-0.1, -0.05) is 6.07 Å². The van der Waals surface area contributed by atoms with E-state index < -0.39 is 10.5 Å². The van der Waals surface area contributed by atoms with Crippen molar-refractivity contribution in [1.82, 2.24) is 4.98 Å². The topological polar surface area (TPSA) is 88.3 Å². The quantitative estimate of drug-likeness (QED) is 0.648. The van der Waals surface area contributed by atoms with Crippen LogP contribution in [0.15, 0.2) is 35.8 Å². The van der Waals surface area contributed by atoms with Crippen LogP contribution < -0.4 is 5.32 Å². The van der Waals surface area contributed by atoms with Gasteiger partial charge in [-0.05, 0) is 24.4 Å². The number of hydrogen-bond donors (Lipinski definition) is 2. The highest BCUT2D eigenvalue weighted by Crippen LogP contribution is 2.27. The van der Waals surface area contributed by atoms with Gasteiger partial charge in [0.15, 0.2) is 0 Å². The smallest absolute Gasteiger partial charge is 0.311 e. The molecule has 0 spiro atoms. The second kappa shape index (κ2) is 5.33. The Labute approximate surface area is 113 Å². The molecule has 2 aromatic rings. The minimum absolute atomic E-state index is 0.107. The Balaban J connectivity index is 2.13. The highest BCUT2D eigenvalue weighted by molar-refractivity contribution is 7.10. The molecule has 0 aromatic carbocycles. The number of nitrogens with zero attached hydrogens (tertiary/aromatic N) is 2. The van der Waals surface area contributed by atoms with E-state index in [0.29, 0.717) is 0 Å². The average molecular weight is 279 g/mol. The zero-order valence-corrected chi connectivity index (χ0v) is 11.1. The normalized spacial score (nSPS) is 13.8. The summed E-state index contributed by atoms with van der Waals surface area (Å²) in [7, 11) is 0. The van der Waals surface area contributed by atoms with Crippen molar-refractivity contribution in [1.29, 1.82) is 0 Å². The molecule has 0 aliphatic heterocycles. The number of anilines is 1. The summed E-state index contributed by atoms with van der Waals surface area (Å²) in [6.07, 6.45) is 1.47. The van der Waals surface area contributed by atoms with E-state index in [9.17, 15) is 15.2 Å². The Hall–Kier alpha value is -1.99. The first-order chi connectivity index (χ1) is 9.00. The maximum absolute atomic E-state index is 10.8. The van der Waals surface area contributed by atoms with Crippen LogP contribution in [-0.2, 0) is 5.60 Å². The summed E-state index contributed by atoms with van der Waals surface area (Å²) in [6, 6.07) is 6.53. The molecule has 2 heterocycles. The van der Waals surface area contributed by atoms with E-state index in [1.807, 2.05) is 17.5 Å². The van der Waals surface area contributed by atoms with E-state index in [4.69, 9.17) is 0 Å². The SMILES string of the molecule is C[C@@](O)(CNc1ncccc1[N+](=O)[O-])c1cccs1. The molecule has 1 atom stereocenters. The van der Waals surface area contributed by atoms with Crippen molar-refractivity contribution in [3.8, 4) is 0 Å². The Morgan fingerprint density at radius 2 is 2.32 bits per heavy atom. The third-order valence-corrected chi connectivity index (χ3v) is 3.76. The van der Waals surface area contributed by atoms with Gasteiger partial charge in [0.05, 0.1) is 4.92 Å². The van der Waals surface area contributed by atoms with Crippen LogP contribution >= 0.6 is 11.3 Å². The fourth-order valence-electron chi connectivity index (χ4n) is 1.61. The maximum atomic E-state index is 10.8. The van der Waals surface area contributed by atoms with Crippen molar-refractivity contribution >= 4 is 22.8 Å². The molecule has 0 aliphatic carbocycles. The number of aromatic nitrogens is 1. The van der Waals surface area contributed by atoms with E-state index in [1.165, 1.54) is 29.7 Å². The van der Waals surface area contributed by atoms with Crippen LogP contribution in [-0.4, -0.2) is 21.6 Å². The molecule has 0 fully saturated rings. The minimum Gasteiger partial charge on any atom is -0.383 e. The van der Waals surface area contributed by atoms with Gasteiger partial charge in [-0.15, -0.1) is 11.3 Å². The van der Waals surface area contributed by atoms with Gasteiger partial charge in [-0.25, -0.2) is 4.98 Å². The van der Waals surface area contributed by atoms with E-state index in [2.05, 4.69) is 10.3 Å². The van der Waals surface area contributed by atoms with Gasteiger partial charge in [0, 0.05) is 23.7 Å². The molecule has 0 amide bonds. The monoisotopic (exact) mass is 279 g/mol. The molecular formula is C12H13N3O3S. The third-order valence-electron chi connectivity index (χ3n) is 2.64. The van der Waals surface area contributed by atoms with Gasteiger partial charge < -0.3 is 10.4 Å². The van der Waals surface area contributed by atoms with Crippen molar-refractivity contribution in [3.05, 3.63) is 50.8 Å². The summed E-state index contributed by atoms with van der Waals surface area (Å²) in [5, 5.41) is 25.9. The van der Waals surface area contributed by atoms with E-state index in [0.717, 1.165) is 4.88 Å². The molecule has 0 saturated carbocycles. The Bertz CT molecular complexity index is 569. The van der Waals surface area contributed by atoms with Gasteiger partial charge in [0.25, 0.3) is 0 Å². The van der Waals surface area contributed by atoms with Crippen molar-refractivity contribution in [2.24, 2.45) is 0 Å². The molecule has 0 aliphatic rings. The van der Waals surface area contributed by atoms with Crippen molar-refractivity contribution < 1.29 is 10.0 Å². The molecule has 7 heteroatoms. The van der Waals surface area contributed by atoms with E-state index in [1.54, 1.807) is 6.92 Å². The number of rotatable bonds is 5. The highest BCUT2D eigenvalue weighted by atomic mass is 32.1. The molecule has 100 valence electrons. The Morgan fingerprint density at radius 3 is 2.95 bits per heavy atom. The second-order valence-corrected chi connectivity index (χ2v) is 5.18. The molecule has 0 unspecified atom stereocenters. The Kier molecular flexibility index (Phi) is 3.77. The number of hydrogen-bond acceptors (Lipinski definition) is 6. The fraction of sp³-hybridized carbons (Fsp3) is 0.250. The lowest BCUT2D eigenvalue weighted by Crippen LogP contribution is -2.30. The van der Waals surface area contributed by atoms with Gasteiger partial charge in [0.1, 0.15) is 5.60 Å². The lowest BCUT2D eigenvalue weighted by molar-refractivity contribution is -0.384. The van der Waals surface area contributed by atoms with Crippen LogP contribution in [0, 0.1) is 10.1 Å². The lowest BCUT2D eigenvalue weighted by atomic mass is 10.1. The maximum Gasteiger partial charge on any atom is 0.311 e. The second-order valence-electron chi connectivity index (χ2n) is 4.23. The predicted molar refractivity (Wildman–Crippen MR) is 73.3 cm³/mol. The first-order valence-electron chi connectivity index (χ1n) is 5.60. The molecule has 2 aromatic heterocycles. The number of pyridine rings is 1. The summed E-state index contributed by atoms with van der Waals surface area (Å²) in [5.41, 5.74) is -1.20. The molecule has 2 N–H and O–H groups in total. The molecular weight excluding hydrogens is 266 g/mol. The lowest BCUT2D eigenvalue weighted by Gasteiger charge is -2.22. The summed E-state index contributed by atoms with van der Waals surface area (Å²) < 4.78 is 0. The van der Waals surface area contributed by atoms with Gasteiger partial charge >= 0.3 is 5.69 Å². The summed E-state index contributed by atoms with van der Waals surface area (Å²) in [5.74, 6) is 0.157. The number of nitro groups is 1. The summed E-state index contributed by atoms with van der Waals surface area (Å²) >= 11 is 1.43. The number of thiophene rings is 1. The largest absolute Gasteiger partial charge is 0.383 e. The van der Waals surface area contributed by atoms with Crippen LogP contribution in [0.5, 0.6) is 0 Å². The van der Waals surface area contributed by atoms with Gasteiger partial charge in [-0.3, -0.25) is 10.1 Å². The number of nitrogens with one attached hydrogen (secondary N) is 1. The highest BCUT2D eigenvalue weighted by Gasteiger charge is 2.25. The summed E-state index contributed by atoms with van der Waals surface area (Å²) in [6.45, 7) is 1.80. The minimum atomic E-state index is -1.10. The van der Waals surface area contributed by atoms with Crippen molar-refractivity contribution in [2.45, 2.75) is 12.5 Å². The van der Waals surface area contributed by atoms with Crippen molar-refractivity contribution in [2.75, 3.05) is 11.9 Å². The van der Waals surface area contributed by atoms with Crippen LogP contribution in [0.4, 0.5) is 11.5 Å². The molecule has 2 rings (SSSR count). The zero-order chi connectivity index (χ0) is 13.9. The first-order valence-corrected chi connectivity index (χ1v) is 6.48. The zero-order valence-electron chi connectivity index (χ0n) is 10.2. The van der Waals surface area contributed by atoms with E-state index in [-0.39, 0.29) is 18.1 Å². The van der Waals surface area contributed by atoms with Gasteiger partial charge in [-0.2, -0.15) is 0 Å². The molecule has 0 saturated heterocycles. The van der Waals surface area contributed by atoms with Crippen molar-refractivity contribution in [3.63, 3.8) is 0 Å². The summed E-state index contributed by atoms with van der Waals surface area (Å²) in [4.78, 5) is 15.0. The van der Waals surface area contributed by atoms with Crippen LogP contribution in [0.3, 0.4) is 0 Å². The Morgan fingerprint density at radius 1 is 1.53 bits per heavy atom. The molecule has 0 radical (unpaired) electrons. The molecule has 19 heavy (non-hydrogen) atoms. The number of aliphatic hydroxyl groups is 1. The molecule has 0 bridgehead atoms. The third kappa shape index (κ3) is 3.07. The molecule has 6 nitrogen and oxygen atoms in total. The standard InChI is InChI=1S/C12H13N3O3S/c1-12(16,10-5-3-7-19-10)8-14-11-9(15(17)18)4-2-6-13-11/h2-7,16H,8H2,1H3,(H,13,14)/t12-/m1/s1. The first kappa shape index (κ1) is 13.4. The fourth-order valence-corrected chi connectivity index (χ4v) is 2.40. The van der Waals surface area contributed by atoms with Crippen LogP contribution in [0.1, 0.15) is 11.8 Å². The van der Waals surface area contributed by atoms with Crippen LogP contribution in [0.2, 0.25) is 0 Å². The predicted octanol–water partition coefficient (Wildman–Crippen LogP) is 2.37. The van der Waals surface area contributed by atoms with Gasteiger partial charge in [0.2, 0.25) is 5.82 Å².